The number of hydrogen-bond donors (Lipinski definition) is 2. The van der Waals surface area contributed by atoms with E-state index in [0.717, 1.165) is 56.1 Å². The molecular weight excluding hydrogens is 583 g/mol. The number of nitrogens with zero attached hydrogens (tertiary/aromatic N) is 3. The second-order valence-electron chi connectivity index (χ2n) is 7.18. The zero-order valence-electron chi connectivity index (χ0n) is 20.5. The number of aromatic nitrogens is 2. The molecule has 0 atom stereocenters. The van der Waals surface area contributed by atoms with Crippen molar-refractivity contribution in [1.82, 2.24) is 14.7 Å². The first-order chi connectivity index (χ1) is 17.8. The highest BCUT2D eigenvalue weighted by Gasteiger charge is 2.38. The number of guanidine groups is 1. The van der Waals surface area contributed by atoms with E-state index in [0.29, 0.717) is 11.4 Å². The molecule has 0 aliphatic carbocycles. The van der Waals surface area contributed by atoms with Gasteiger partial charge in [0.25, 0.3) is 5.95 Å². The molecule has 3 aromatic rings. The molecule has 0 bridgehead atoms. The predicted molar refractivity (Wildman–Crippen MR) is 136 cm³/mol. The van der Waals surface area contributed by atoms with Crippen molar-refractivity contribution in [1.29, 1.82) is 0 Å². The van der Waals surface area contributed by atoms with Crippen LogP contribution in [-0.2, 0) is 34.4 Å². The number of anilines is 1. The minimum absolute atomic E-state index is 0.172. The summed E-state index contributed by atoms with van der Waals surface area (Å²) in [4.78, 5) is 36.2. The molecule has 0 unspecified atom stereocenters. The van der Waals surface area contributed by atoms with E-state index >= 15 is 0 Å². The van der Waals surface area contributed by atoms with Crippen LogP contribution in [0, 0.1) is 13.8 Å². The molecule has 18 heteroatoms. The van der Waals surface area contributed by atoms with Gasteiger partial charge in [0.05, 0.1) is 14.2 Å². The third-order valence-corrected chi connectivity index (χ3v) is 9.67. The van der Waals surface area contributed by atoms with Crippen LogP contribution in [0.4, 0.5) is 5.95 Å². The molecule has 3 aromatic heterocycles. The second kappa shape index (κ2) is 11.4. The van der Waals surface area contributed by atoms with Crippen molar-refractivity contribution in [2.24, 2.45) is 0 Å². The van der Waals surface area contributed by atoms with Gasteiger partial charge in [-0.15, -0.1) is 22.7 Å². The second-order valence-corrected chi connectivity index (χ2v) is 12.4. The van der Waals surface area contributed by atoms with Gasteiger partial charge in [0, 0.05) is 15.5 Å². The van der Waals surface area contributed by atoms with E-state index in [9.17, 15) is 26.4 Å². The number of carbonyl (C=O) groups is 2. The Balaban J connectivity index is 2.24. The molecule has 14 nitrogen and oxygen atoms in total. The fraction of sp³-hybridized carbons (Fsp3) is 0.250. The molecular formula is C20H22N5O9S4+. The molecule has 3 rings (SSSR count). The number of nitrogens with one attached hydrogen (secondary N) is 2. The van der Waals surface area contributed by atoms with Crippen LogP contribution in [0.25, 0.3) is 0 Å². The van der Waals surface area contributed by atoms with E-state index < -0.39 is 47.7 Å². The molecule has 0 fully saturated rings. The maximum absolute atomic E-state index is 13.6. The lowest BCUT2D eigenvalue weighted by atomic mass is 10.4. The Morgan fingerprint density at radius 2 is 1.37 bits per heavy atom. The van der Waals surface area contributed by atoms with E-state index in [1.807, 2.05) is 0 Å². The van der Waals surface area contributed by atoms with Gasteiger partial charge in [0.1, 0.15) is 26.7 Å². The van der Waals surface area contributed by atoms with Crippen molar-refractivity contribution in [3.63, 3.8) is 0 Å². The summed E-state index contributed by atoms with van der Waals surface area (Å²) in [5, 5.41) is 5.21. The van der Waals surface area contributed by atoms with Gasteiger partial charge in [-0.3, -0.25) is 0 Å². The van der Waals surface area contributed by atoms with Gasteiger partial charge in [-0.2, -0.15) is 21.6 Å². The third-order valence-electron chi connectivity index (χ3n) is 4.58. The van der Waals surface area contributed by atoms with Gasteiger partial charge in [-0.1, -0.05) is 0 Å². The Hall–Kier alpha value is -3.61. The molecule has 2 N–H and O–H groups in total. The Labute approximate surface area is 226 Å². The van der Waals surface area contributed by atoms with E-state index in [-0.39, 0.29) is 19.8 Å². The van der Waals surface area contributed by atoms with Gasteiger partial charge < -0.3 is 14.3 Å². The molecule has 0 aromatic carbocycles. The average molecular weight is 605 g/mol. The molecule has 0 amide bonds. The highest BCUT2D eigenvalue weighted by molar-refractivity contribution is 7.90. The summed E-state index contributed by atoms with van der Waals surface area (Å²) in [6.45, 7) is 3.30. The molecule has 0 radical (unpaired) electrons. The van der Waals surface area contributed by atoms with Crippen LogP contribution < -0.4 is 10.0 Å². The third kappa shape index (κ3) is 5.93. The van der Waals surface area contributed by atoms with Crippen molar-refractivity contribution in [3.05, 3.63) is 50.1 Å². The molecule has 3 heterocycles. The van der Waals surface area contributed by atoms with Crippen LogP contribution in [-0.4, -0.2) is 70.2 Å². The Kier molecular flexibility index (Phi) is 8.70. The topological polar surface area (TPSA) is 183 Å². The summed E-state index contributed by atoms with van der Waals surface area (Å²) >= 11 is 1.60. The van der Waals surface area contributed by atoms with Gasteiger partial charge in [0.15, 0.2) is 0 Å². The van der Waals surface area contributed by atoms with Crippen LogP contribution in [0.2, 0.25) is 0 Å². The number of methoxy groups -OCH3 is 2. The van der Waals surface area contributed by atoms with Crippen LogP contribution in [0.3, 0.4) is 0 Å². The summed E-state index contributed by atoms with van der Waals surface area (Å²) in [6, 6.07) is 3.91. The van der Waals surface area contributed by atoms with E-state index in [1.165, 1.54) is 10.8 Å². The lowest BCUT2D eigenvalue weighted by molar-refractivity contribution is -0.667. The fourth-order valence-corrected chi connectivity index (χ4v) is 7.98. The summed E-state index contributed by atoms with van der Waals surface area (Å²) in [5.41, 5.74) is 0.983. The monoisotopic (exact) mass is 604 g/mol. The maximum atomic E-state index is 13.6. The number of hydrogen-bond acceptors (Lipinski definition) is 13. The van der Waals surface area contributed by atoms with Crippen LogP contribution in [0.5, 0.6) is 0 Å². The molecule has 0 saturated carbocycles. The van der Waals surface area contributed by atoms with Gasteiger partial charge in [0.2, 0.25) is 0 Å². The number of ether oxygens (including phenoxy) is 2. The van der Waals surface area contributed by atoms with E-state index in [1.54, 1.807) is 19.9 Å². The van der Waals surface area contributed by atoms with Crippen LogP contribution in [0.15, 0.2) is 38.8 Å². The number of carbonyl (C=O) groups excluding carboxylic acids is 2. The molecule has 0 saturated heterocycles. The van der Waals surface area contributed by atoms with Gasteiger partial charge in [-0.05, 0) is 42.8 Å². The SMILES string of the molecule is COC(=O)c1sccc1S(=O)(=O)NC(Nc1nc(C)cc(C)n1)=[N+](OC)S(=O)(=O)c1ccsc1C(=O)OC. The number of thiophene rings is 2. The molecule has 38 heavy (non-hydrogen) atoms. The van der Waals surface area contributed by atoms with Crippen LogP contribution >= 0.6 is 22.7 Å². The normalized spacial score (nSPS) is 12.3. The van der Waals surface area contributed by atoms with Crippen molar-refractivity contribution in [2.45, 2.75) is 23.6 Å². The van der Waals surface area contributed by atoms with Crippen molar-refractivity contribution in [2.75, 3.05) is 26.6 Å². The molecule has 204 valence electrons. The van der Waals surface area contributed by atoms with Gasteiger partial charge >= 0.3 is 37.9 Å². The molecule has 0 spiro atoms. The average Bonchev–Trinajstić information content (AvgIpc) is 3.53. The summed E-state index contributed by atoms with van der Waals surface area (Å²) in [6.07, 6.45) is 0. The number of rotatable bonds is 8. The first kappa shape index (κ1) is 29.0. The maximum Gasteiger partial charge on any atom is 0.421 e. The van der Waals surface area contributed by atoms with E-state index in [2.05, 4.69) is 29.5 Å². The Morgan fingerprint density at radius 3 is 1.87 bits per heavy atom. The lowest BCUT2D eigenvalue weighted by Gasteiger charge is -2.13. The highest BCUT2D eigenvalue weighted by Crippen LogP contribution is 2.26. The van der Waals surface area contributed by atoms with Crippen molar-refractivity contribution in [3.8, 4) is 0 Å². The number of aryl methyl sites for hydroxylation is 2. The quantitative estimate of drug-likeness (QED) is 0.124. The largest absolute Gasteiger partial charge is 0.465 e. The Bertz CT molecular complexity index is 1610. The zero-order valence-corrected chi connectivity index (χ0v) is 23.8. The summed E-state index contributed by atoms with van der Waals surface area (Å²) in [5.74, 6) is -2.79. The minimum Gasteiger partial charge on any atom is -0.465 e. The standard InChI is InChI=1S/C20H21N5O9S4/c1-11-10-12(2)22-19(21-11)23-20(24-37(28,29)13-6-8-35-15(13)17(26)32-3)25(34-5)38(30,31)14-7-9-36-16(14)18(27)33-4/h6-10H,1-5H3,(H,21,22,23,24)/p+1. The first-order valence-corrected chi connectivity index (χ1v) is 14.9. The Morgan fingerprint density at radius 1 is 0.868 bits per heavy atom. The summed E-state index contributed by atoms with van der Waals surface area (Å²) in [7, 11) is -6.26. The smallest absolute Gasteiger partial charge is 0.421 e. The predicted octanol–water partition coefficient (Wildman–Crippen LogP) is 1.50. The van der Waals surface area contributed by atoms with Crippen LogP contribution in [0.1, 0.15) is 30.7 Å². The first-order valence-electron chi connectivity index (χ1n) is 10.3. The van der Waals surface area contributed by atoms with Crippen molar-refractivity contribution < 1.29 is 44.9 Å². The minimum atomic E-state index is -4.76. The summed E-state index contributed by atoms with van der Waals surface area (Å²) < 4.78 is 65.5. The molecule has 0 aliphatic heterocycles. The number of esters is 2. The number of sulfonamides is 2. The highest BCUT2D eigenvalue weighted by atomic mass is 32.2. The fourth-order valence-electron chi connectivity index (χ4n) is 3.07. The molecule has 0 aliphatic rings. The van der Waals surface area contributed by atoms with Gasteiger partial charge in [-0.25, -0.2) is 24.9 Å². The lowest BCUT2D eigenvalue weighted by Crippen LogP contribution is -2.45. The van der Waals surface area contributed by atoms with Crippen molar-refractivity contribution >= 4 is 66.6 Å². The zero-order chi connectivity index (χ0) is 28.3. The van der Waals surface area contributed by atoms with E-state index in [4.69, 9.17) is 4.84 Å².